The van der Waals surface area contributed by atoms with Crippen LogP contribution in [0.2, 0.25) is 0 Å². The molecule has 0 aromatic carbocycles. The molecular weight excluding hydrogens is 140 g/mol. The summed E-state index contributed by atoms with van der Waals surface area (Å²) in [7, 11) is 0. The number of hydrogen-bond donors (Lipinski definition) is 1. The van der Waals surface area contributed by atoms with Gasteiger partial charge in [-0.3, -0.25) is 5.26 Å². The molecule has 2 nitrogen and oxygen atoms in total. The van der Waals surface area contributed by atoms with Crippen LogP contribution >= 0.6 is 0 Å². The van der Waals surface area contributed by atoms with Crippen molar-refractivity contribution in [3.8, 4) is 0 Å². The minimum atomic E-state index is -0.272. The standard InChI is InChI=1S/C9H18O2/c1-7-4-5-9(3,11-10)6-8(7)2/h7-8,10H,4-6H2,1-3H3. The maximum atomic E-state index is 8.65. The first-order chi connectivity index (χ1) is 5.07. The molecule has 0 spiro atoms. The Balaban J connectivity index is 2.51. The van der Waals surface area contributed by atoms with Crippen molar-refractivity contribution in [1.29, 1.82) is 0 Å². The van der Waals surface area contributed by atoms with Gasteiger partial charge in [0.15, 0.2) is 0 Å². The summed E-state index contributed by atoms with van der Waals surface area (Å²) in [4.78, 5) is 4.50. The van der Waals surface area contributed by atoms with E-state index in [1.165, 1.54) is 0 Å². The third-order valence-corrected chi connectivity index (χ3v) is 3.07. The lowest BCUT2D eigenvalue weighted by molar-refractivity contribution is -0.329. The summed E-state index contributed by atoms with van der Waals surface area (Å²) in [6.07, 6.45) is 3.12. The van der Waals surface area contributed by atoms with E-state index in [2.05, 4.69) is 18.7 Å². The van der Waals surface area contributed by atoms with Gasteiger partial charge >= 0.3 is 0 Å². The topological polar surface area (TPSA) is 29.5 Å². The van der Waals surface area contributed by atoms with Crippen LogP contribution in [0.25, 0.3) is 0 Å². The first-order valence-corrected chi connectivity index (χ1v) is 4.40. The molecule has 0 bridgehead atoms. The van der Waals surface area contributed by atoms with Gasteiger partial charge in [-0.1, -0.05) is 13.8 Å². The zero-order chi connectivity index (χ0) is 8.48. The Morgan fingerprint density at radius 1 is 1.36 bits per heavy atom. The van der Waals surface area contributed by atoms with Crippen molar-refractivity contribution in [2.45, 2.75) is 45.6 Å². The van der Waals surface area contributed by atoms with Gasteiger partial charge < -0.3 is 0 Å². The molecule has 0 amide bonds. The molecule has 1 aliphatic rings. The Morgan fingerprint density at radius 3 is 2.45 bits per heavy atom. The van der Waals surface area contributed by atoms with Crippen molar-refractivity contribution in [3.05, 3.63) is 0 Å². The zero-order valence-corrected chi connectivity index (χ0v) is 7.63. The molecule has 11 heavy (non-hydrogen) atoms. The first kappa shape index (κ1) is 9.01. The monoisotopic (exact) mass is 158 g/mol. The largest absolute Gasteiger partial charge is 0.251 e. The molecule has 0 saturated heterocycles. The lowest BCUT2D eigenvalue weighted by Gasteiger charge is -2.37. The Labute approximate surface area is 68.5 Å². The molecule has 1 rings (SSSR count). The smallest absolute Gasteiger partial charge is 0.101 e. The third kappa shape index (κ3) is 1.94. The first-order valence-electron chi connectivity index (χ1n) is 4.40. The summed E-state index contributed by atoms with van der Waals surface area (Å²) in [6.45, 7) is 6.47. The zero-order valence-electron chi connectivity index (χ0n) is 7.63. The molecule has 3 unspecified atom stereocenters. The molecule has 2 heteroatoms. The van der Waals surface area contributed by atoms with Crippen molar-refractivity contribution < 1.29 is 10.1 Å². The Bertz CT molecular complexity index is 136. The Kier molecular flexibility index (Phi) is 2.55. The summed E-state index contributed by atoms with van der Waals surface area (Å²) in [5.41, 5.74) is -0.272. The highest BCUT2D eigenvalue weighted by Gasteiger charge is 2.34. The van der Waals surface area contributed by atoms with Gasteiger partial charge in [0.1, 0.15) is 5.60 Å². The molecule has 66 valence electrons. The van der Waals surface area contributed by atoms with Crippen molar-refractivity contribution in [2.75, 3.05) is 0 Å². The minimum absolute atomic E-state index is 0.272. The van der Waals surface area contributed by atoms with Crippen LogP contribution in [-0.2, 0) is 4.89 Å². The van der Waals surface area contributed by atoms with Crippen molar-refractivity contribution in [3.63, 3.8) is 0 Å². The van der Waals surface area contributed by atoms with E-state index in [-0.39, 0.29) is 5.60 Å². The average Bonchev–Trinajstić information content (AvgIpc) is 1.98. The molecular formula is C9H18O2. The highest BCUT2D eigenvalue weighted by Crippen LogP contribution is 2.37. The molecule has 0 radical (unpaired) electrons. The third-order valence-electron chi connectivity index (χ3n) is 3.07. The molecule has 1 aliphatic carbocycles. The average molecular weight is 158 g/mol. The van der Waals surface area contributed by atoms with Crippen LogP contribution in [0.1, 0.15) is 40.0 Å². The summed E-state index contributed by atoms with van der Waals surface area (Å²) < 4.78 is 0. The van der Waals surface area contributed by atoms with E-state index in [9.17, 15) is 0 Å². The van der Waals surface area contributed by atoms with E-state index in [1.54, 1.807) is 0 Å². The highest BCUT2D eigenvalue weighted by atomic mass is 17.1. The van der Waals surface area contributed by atoms with Crippen molar-refractivity contribution in [1.82, 2.24) is 0 Å². The lowest BCUT2D eigenvalue weighted by Crippen LogP contribution is -2.36. The fourth-order valence-corrected chi connectivity index (χ4v) is 1.88. The second-order valence-corrected chi connectivity index (χ2v) is 4.24. The predicted molar refractivity (Wildman–Crippen MR) is 44.3 cm³/mol. The molecule has 1 fully saturated rings. The van der Waals surface area contributed by atoms with E-state index in [0.29, 0.717) is 5.92 Å². The fourth-order valence-electron chi connectivity index (χ4n) is 1.88. The Hall–Kier alpha value is -0.0800. The van der Waals surface area contributed by atoms with Crippen LogP contribution < -0.4 is 0 Å². The van der Waals surface area contributed by atoms with Crippen LogP contribution in [0.15, 0.2) is 0 Å². The van der Waals surface area contributed by atoms with Gasteiger partial charge in [0.05, 0.1) is 0 Å². The lowest BCUT2D eigenvalue weighted by atomic mass is 9.74. The van der Waals surface area contributed by atoms with Gasteiger partial charge in [0, 0.05) is 0 Å². The van der Waals surface area contributed by atoms with Gasteiger partial charge in [-0.05, 0) is 38.0 Å². The van der Waals surface area contributed by atoms with E-state index >= 15 is 0 Å². The predicted octanol–water partition coefficient (Wildman–Crippen LogP) is 2.69. The molecule has 0 aromatic heterocycles. The van der Waals surface area contributed by atoms with E-state index in [4.69, 9.17) is 5.26 Å². The van der Waals surface area contributed by atoms with Gasteiger partial charge in [-0.2, -0.15) is 0 Å². The molecule has 0 heterocycles. The van der Waals surface area contributed by atoms with Gasteiger partial charge in [0.25, 0.3) is 0 Å². The molecule has 1 saturated carbocycles. The van der Waals surface area contributed by atoms with Crippen molar-refractivity contribution >= 4 is 0 Å². The van der Waals surface area contributed by atoms with Crippen LogP contribution in [0.3, 0.4) is 0 Å². The summed E-state index contributed by atoms with van der Waals surface area (Å²) in [5, 5.41) is 8.65. The Morgan fingerprint density at radius 2 is 2.00 bits per heavy atom. The molecule has 0 aromatic rings. The van der Waals surface area contributed by atoms with Gasteiger partial charge in [-0.25, -0.2) is 4.89 Å². The molecule has 1 N–H and O–H groups in total. The SMILES string of the molecule is CC1CCC(C)(OO)CC1C. The quantitative estimate of drug-likeness (QED) is 0.469. The van der Waals surface area contributed by atoms with Crippen LogP contribution in [0.4, 0.5) is 0 Å². The minimum Gasteiger partial charge on any atom is -0.251 e. The maximum absolute atomic E-state index is 8.65. The van der Waals surface area contributed by atoms with Gasteiger partial charge in [-0.15, -0.1) is 0 Å². The second-order valence-electron chi connectivity index (χ2n) is 4.24. The van der Waals surface area contributed by atoms with E-state index in [1.807, 2.05) is 6.92 Å². The van der Waals surface area contributed by atoms with Crippen LogP contribution in [0, 0.1) is 11.8 Å². The van der Waals surface area contributed by atoms with E-state index in [0.717, 1.165) is 25.2 Å². The summed E-state index contributed by atoms with van der Waals surface area (Å²) in [6, 6.07) is 0. The van der Waals surface area contributed by atoms with Crippen LogP contribution in [0.5, 0.6) is 0 Å². The van der Waals surface area contributed by atoms with Crippen LogP contribution in [-0.4, -0.2) is 10.9 Å². The van der Waals surface area contributed by atoms with Gasteiger partial charge in [0.2, 0.25) is 0 Å². The summed E-state index contributed by atoms with van der Waals surface area (Å²) in [5.74, 6) is 1.44. The van der Waals surface area contributed by atoms with Crippen molar-refractivity contribution in [2.24, 2.45) is 11.8 Å². The number of hydrogen-bond acceptors (Lipinski definition) is 2. The normalized spacial score (nSPS) is 45.8. The summed E-state index contributed by atoms with van der Waals surface area (Å²) >= 11 is 0. The van der Waals surface area contributed by atoms with E-state index < -0.39 is 0 Å². The highest BCUT2D eigenvalue weighted by molar-refractivity contribution is 4.84. The number of rotatable bonds is 1. The molecule has 0 aliphatic heterocycles. The fraction of sp³-hybridized carbons (Fsp3) is 1.00. The maximum Gasteiger partial charge on any atom is 0.101 e. The second kappa shape index (κ2) is 3.11. The molecule has 3 atom stereocenters.